The Hall–Kier alpha value is -2.63. The highest BCUT2D eigenvalue weighted by Gasteiger charge is 2.47. The van der Waals surface area contributed by atoms with Gasteiger partial charge in [0.1, 0.15) is 18.5 Å². The number of para-hydroxylation sites is 1. The molecular weight excluding hydrogens is 326 g/mol. The molecule has 0 spiro atoms. The SMILES string of the molecule is CN1OC(COc2ccccc2)CC1(Cn1ccnc1)c1ccccc1. The molecule has 1 saturated heterocycles. The Morgan fingerprint density at radius 1 is 1.12 bits per heavy atom. The predicted molar refractivity (Wildman–Crippen MR) is 99.5 cm³/mol. The number of hydrogen-bond acceptors (Lipinski definition) is 4. The van der Waals surface area contributed by atoms with E-state index >= 15 is 0 Å². The fraction of sp³-hybridized carbons (Fsp3) is 0.286. The zero-order chi connectivity index (χ0) is 17.8. The second-order valence-electron chi connectivity index (χ2n) is 6.69. The van der Waals surface area contributed by atoms with Crippen LogP contribution in [0.3, 0.4) is 0 Å². The van der Waals surface area contributed by atoms with Crippen molar-refractivity contribution in [2.24, 2.45) is 0 Å². The number of nitrogens with zero attached hydrogens (tertiary/aromatic N) is 3. The second kappa shape index (κ2) is 7.32. The minimum Gasteiger partial charge on any atom is -0.491 e. The molecule has 3 aromatic rings. The van der Waals surface area contributed by atoms with Crippen molar-refractivity contribution < 1.29 is 9.57 Å². The summed E-state index contributed by atoms with van der Waals surface area (Å²) in [4.78, 5) is 10.4. The van der Waals surface area contributed by atoms with Crippen LogP contribution in [0.25, 0.3) is 0 Å². The maximum Gasteiger partial charge on any atom is 0.119 e. The van der Waals surface area contributed by atoms with E-state index in [1.54, 1.807) is 0 Å². The Labute approximate surface area is 153 Å². The van der Waals surface area contributed by atoms with Crippen LogP contribution in [-0.2, 0) is 16.9 Å². The van der Waals surface area contributed by atoms with E-state index < -0.39 is 0 Å². The first-order valence-corrected chi connectivity index (χ1v) is 8.86. The first-order chi connectivity index (χ1) is 12.8. The lowest BCUT2D eigenvalue weighted by atomic mass is 9.85. The van der Waals surface area contributed by atoms with E-state index in [2.05, 4.69) is 33.8 Å². The van der Waals surface area contributed by atoms with Gasteiger partial charge >= 0.3 is 0 Å². The van der Waals surface area contributed by atoms with Crippen molar-refractivity contribution in [2.75, 3.05) is 13.7 Å². The van der Waals surface area contributed by atoms with Gasteiger partial charge in [0.05, 0.1) is 11.9 Å². The Morgan fingerprint density at radius 3 is 2.54 bits per heavy atom. The van der Waals surface area contributed by atoms with Gasteiger partial charge < -0.3 is 9.30 Å². The lowest BCUT2D eigenvalue weighted by Crippen LogP contribution is -2.41. The van der Waals surface area contributed by atoms with Crippen LogP contribution >= 0.6 is 0 Å². The van der Waals surface area contributed by atoms with Gasteiger partial charge in [-0.05, 0) is 17.7 Å². The molecule has 1 aromatic heterocycles. The molecule has 4 rings (SSSR count). The molecule has 0 amide bonds. The minimum absolute atomic E-state index is 0.0102. The van der Waals surface area contributed by atoms with Gasteiger partial charge in [0.15, 0.2) is 0 Å². The topological polar surface area (TPSA) is 39.5 Å². The Kier molecular flexibility index (Phi) is 4.73. The highest BCUT2D eigenvalue weighted by atomic mass is 16.7. The zero-order valence-electron chi connectivity index (χ0n) is 14.9. The molecule has 1 aliphatic heterocycles. The van der Waals surface area contributed by atoms with Crippen LogP contribution in [0.4, 0.5) is 0 Å². The summed E-state index contributed by atoms with van der Waals surface area (Å²) in [6.07, 6.45) is 6.49. The molecule has 0 radical (unpaired) electrons. The standard InChI is InChI=1S/C21H23N3O2/c1-23-21(16-24-13-12-22-17-24,18-8-4-2-5-9-18)14-20(26-23)15-25-19-10-6-3-7-11-19/h2-13,17,20H,14-16H2,1H3. The van der Waals surface area contributed by atoms with E-state index in [1.165, 1.54) is 5.56 Å². The van der Waals surface area contributed by atoms with E-state index in [-0.39, 0.29) is 11.6 Å². The van der Waals surface area contributed by atoms with Crippen LogP contribution in [0, 0.1) is 0 Å². The third-order valence-electron chi connectivity index (χ3n) is 4.97. The molecule has 0 N–H and O–H groups in total. The summed E-state index contributed by atoms with van der Waals surface area (Å²) in [7, 11) is 2.01. The number of hydrogen-bond donors (Lipinski definition) is 0. The molecule has 0 saturated carbocycles. The molecule has 1 aliphatic rings. The quantitative estimate of drug-likeness (QED) is 0.683. The molecule has 2 atom stereocenters. The highest BCUT2D eigenvalue weighted by molar-refractivity contribution is 5.26. The number of hydroxylamine groups is 2. The first-order valence-electron chi connectivity index (χ1n) is 8.86. The van der Waals surface area contributed by atoms with Crippen LogP contribution in [0.5, 0.6) is 5.75 Å². The number of ether oxygens (including phenoxy) is 1. The maximum atomic E-state index is 6.18. The summed E-state index contributed by atoms with van der Waals surface area (Å²) in [5, 5.41) is 1.99. The van der Waals surface area contributed by atoms with E-state index in [4.69, 9.17) is 9.57 Å². The van der Waals surface area contributed by atoms with Gasteiger partial charge in [0.2, 0.25) is 0 Å². The van der Waals surface area contributed by atoms with Gasteiger partial charge in [0.25, 0.3) is 0 Å². The molecule has 1 fully saturated rings. The summed E-state index contributed by atoms with van der Waals surface area (Å²) in [5.41, 5.74) is 0.977. The lowest BCUT2D eigenvalue weighted by Gasteiger charge is -2.34. The van der Waals surface area contributed by atoms with E-state index in [1.807, 2.05) is 67.2 Å². The molecule has 134 valence electrons. The van der Waals surface area contributed by atoms with Gasteiger partial charge in [0, 0.05) is 32.4 Å². The molecular formula is C21H23N3O2. The van der Waals surface area contributed by atoms with Crippen molar-refractivity contribution in [3.8, 4) is 5.75 Å². The number of likely N-dealkylation sites (N-methyl/N-ethyl adjacent to an activating group) is 1. The molecule has 5 nitrogen and oxygen atoms in total. The molecule has 0 bridgehead atoms. The van der Waals surface area contributed by atoms with Crippen molar-refractivity contribution in [3.05, 3.63) is 84.9 Å². The Morgan fingerprint density at radius 2 is 1.85 bits per heavy atom. The summed E-state index contributed by atoms with van der Waals surface area (Å²) >= 11 is 0. The molecule has 2 unspecified atom stereocenters. The molecule has 2 heterocycles. The highest BCUT2D eigenvalue weighted by Crippen LogP contribution is 2.41. The summed E-state index contributed by atoms with van der Waals surface area (Å²) in [5.74, 6) is 0.866. The van der Waals surface area contributed by atoms with Crippen LogP contribution < -0.4 is 4.74 Å². The Balaban J connectivity index is 1.55. The van der Waals surface area contributed by atoms with Crippen LogP contribution in [0.1, 0.15) is 12.0 Å². The summed E-state index contributed by atoms with van der Waals surface area (Å²) < 4.78 is 8.04. The van der Waals surface area contributed by atoms with Gasteiger partial charge in [-0.15, -0.1) is 0 Å². The van der Waals surface area contributed by atoms with E-state index in [0.717, 1.165) is 18.7 Å². The average molecular weight is 349 g/mol. The van der Waals surface area contributed by atoms with Crippen molar-refractivity contribution in [3.63, 3.8) is 0 Å². The van der Waals surface area contributed by atoms with Crippen molar-refractivity contribution >= 4 is 0 Å². The van der Waals surface area contributed by atoms with Gasteiger partial charge in [-0.3, -0.25) is 4.84 Å². The predicted octanol–water partition coefficient (Wildman–Crippen LogP) is 3.49. The largest absolute Gasteiger partial charge is 0.491 e. The van der Waals surface area contributed by atoms with Crippen molar-refractivity contribution in [1.82, 2.24) is 14.6 Å². The zero-order valence-corrected chi connectivity index (χ0v) is 14.9. The van der Waals surface area contributed by atoms with Crippen molar-refractivity contribution in [2.45, 2.75) is 24.6 Å². The van der Waals surface area contributed by atoms with Crippen LogP contribution in [0.2, 0.25) is 0 Å². The number of rotatable bonds is 6. The van der Waals surface area contributed by atoms with E-state index in [9.17, 15) is 0 Å². The smallest absolute Gasteiger partial charge is 0.119 e. The minimum atomic E-state index is -0.257. The van der Waals surface area contributed by atoms with Gasteiger partial charge in [-0.25, -0.2) is 4.98 Å². The molecule has 26 heavy (non-hydrogen) atoms. The summed E-state index contributed by atoms with van der Waals surface area (Å²) in [6.45, 7) is 1.29. The second-order valence-corrected chi connectivity index (χ2v) is 6.69. The van der Waals surface area contributed by atoms with Gasteiger partial charge in [-0.2, -0.15) is 5.06 Å². The Bertz CT molecular complexity index is 808. The van der Waals surface area contributed by atoms with Crippen LogP contribution in [0.15, 0.2) is 79.4 Å². The summed E-state index contributed by atoms with van der Waals surface area (Å²) in [6, 6.07) is 20.4. The van der Waals surface area contributed by atoms with E-state index in [0.29, 0.717) is 6.61 Å². The average Bonchev–Trinajstić information content (AvgIpc) is 3.30. The number of benzene rings is 2. The third-order valence-corrected chi connectivity index (χ3v) is 4.97. The normalized spacial score (nSPS) is 23.2. The maximum absolute atomic E-state index is 6.18. The van der Waals surface area contributed by atoms with Crippen LogP contribution in [-0.4, -0.2) is 34.4 Å². The fourth-order valence-corrected chi connectivity index (χ4v) is 3.65. The monoisotopic (exact) mass is 349 g/mol. The fourth-order valence-electron chi connectivity index (χ4n) is 3.65. The first kappa shape index (κ1) is 16.8. The third kappa shape index (κ3) is 3.36. The molecule has 2 aromatic carbocycles. The van der Waals surface area contributed by atoms with Gasteiger partial charge in [-0.1, -0.05) is 48.5 Å². The number of imidazole rings is 1. The molecule has 5 heteroatoms. The van der Waals surface area contributed by atoms with Crippen molar-refractivity contribution in [1.29, 1.82) is 0 Å². The lowest BCUT2D eigenvalue weighted by molar-refractivity contribution is -0.179. The number of aromatic nitrogens is 2. The molecule has 0 aliphatic carbocycles.